The second-order valence-electron chi connectivity index (χ2n) is 4.69. The smallest absolute Gasteiger partial charge is 0.317 e. The summed E-state index contributed by atoms with van der Waals surface area (Å²) < 4.78 is 5.06. The van der Waals surface area contributed by atoms with Gasteiger partial charge in [-0.25, -0.2) is 0 Å². The van der Waals surface area contributed by atoms with Crippen LogP contribution in [-0.4, -0.2) is 48.8 Å². The lowest BCUT2D eigenvalue weighted by Gasteiger charge is -2.26. The van der Waals surface area contributed by atoms with E-state index in [2.05, 4.69) is 12.1 Å². The number of aliphatic carboxylic acids is 1. The molecule has 18 heavy (non-hydrogen) atoms. The van der Waals surface area contributed by atoms with E-state index < -0.39 is 5.97 Å². The molecule has 0 heterocycles. The first-order chi connectivity index (χ1) is 8.70. The van der Waals surface area contributed by atoms with Gasteiger partial charge in [0.05, 0.1) is 13.2 Å². The van der Waals surface area contributed by atoms with Gasteiger partial charge >= 0.3 is 5.97 Å². The van der Waals surface area contributed by atoms with E-state index in [1.807, 2.05) is 17.0 Å². The summed E-state index contributed by atoms with van der Waals surface area (Å²) >= 11 is 0. The van der Waals surface area contributed by atoms with Crippen LogP contribution in [0.4, 0.5) is 0 Å². The van der Waals surface area contributed by atoms with Gasteiger partial charge in [-0.1, -0.05) is 24.3 Å². The molecule has 0 saturated carbocycles. The fourth-order valence-electron chi connectivity index (χ4n) is 2.57. The van der Waals surface area contributed by atoms with Crippen molar-refractivity contribution in [1.82, 2.24) is 4.90 Å². The summed E-state index contributed by atoms with van der Waals surface area (Å²) in [5.74, 6) is -0.776. The van der Waals surface area contributed by atoms with Crippen LogP contribution in [0.1, 0.15) is 11.1 Å². The SMILES string of the molecule is COCCN(CC(=O)O)C1Cc2ccccc2C1. The minimum Gasteiger partial charge on any atom is -0.480 e. The summed E-state index contributed by atoms with van der Waals surface area (Å²) in [4.78, 5) is 12.9. The summed E-state index contributed by atoms with van der Waals surface area (Å²) in [6, 6.07) is 8.62. The number of ether oxygens (including phenoxy) is 1. The summed E-state index contributed by atoms with van der Waals surface area (Å²) in [7, 11) is 1.64. The van der Waals surface area contributed by atoms with Crippen molar-refractivity contribution in [1.29, 1.82) is 0 Å². The maximum Gasteiger partial charge on any atom is 0.317 e. The quantitative estimate of drug-likeness (QED) is 0.822. The molecule has 0 aliphatic heterocycles. The van der Waals surface area contributed by atoms with Crippen molar-refractivity contribution in [3.63, 3.8) is 0 Å². The van der Waals surface area contributed by atoms with E-state index in [0.29, 0.717) is 13.2 Å². The first kappa shape index (κ1) is 13.1. The molecule has 2 rings (SSSR count). The number of carbonyl (C=O) groups is 1. The third-order valence-electron chi connectivity index (χ3n) is 3.47. The van der Waals surface area contributed by atoms with Gasteiger partial charge in [-0.15, -0.1) is 0 Å². The second-order valence-corrected chi connectivity index (χ2v) is 4.69. The van der Waals surface area contributed by atoms with Gasteiger partial charge in [-0.2, -0.15) is 0 Å². The van der Waals surface area contributed by atoms with Gasteiger partial charge in [-0.05, 0) is 24.0 Å². The number of nitrogens with zero attached hydrogens (tertiary/aromatic N) is 1. The molecule has 98 valence electrons. The van der Waals surface area contributed by atoms with Crippen molar-refractivity contribution in [3.05, 3.63) is 35.4 Å². The molecule has 0 atom stereocenters. The van der Waals surface area contributed by atoms with Crippen LogP contribution in [-0.2, 0) is 22.4 Å². The van der Waals surface area contributed by atoms with Gasteiger partial charge < -0.3 is 9.84 Å². The first-order valence-electron chi connectivity index (χ1n) is 6.22. The number of rotatable bonds is 6. The molecule has 0 spiro atoms. The normalized spacial score (nSPS) is 15.0. The van der Waals surface area contributed by atoms with Gasteiger partial charge in [0.2, 0.25) is 0 Å². The van der Waals surface area contributed by atoms with E-state index >= 15 is 0 Å². The Bertz CT molecular complexity index is 394. The zero-order chi connectivity index (χ0) is 13.0. The second kappa shape index (κ2) is 5.98. The van der Waals surface area contributed by atoms with Gasteiger partial charge in [0.1, 0.15) is 0 Å². The number of hydrogen-bond acceptors (Lipinski definition) is 3. The summed E-state index contributed by atoms with van der Waals surface area (Å²) in [6.45, 7) is 1.32. The Balaban J connectivity index is 2.02. The Hall–Kier alpha value is -1.39. The van der Waals surface area contributed by atoms with Crippen LogP contribution in [0.3, 0.4) is 0 Å². The van der Waals surface area contributed by atoms with Crippen LogP contribution in [0.5, 0.6) is 0 Å². The molecule has 1 aromatic rings. The monoisotopic (exact) mass is 249 g/mol. The molecule has 0 amide bonds. The molecule has 0 unspecified atom stereocenters. The molecule has 4 heteroatoms. The number of fused-ring (bicyclic) bond motifs is 1. The van der Waals surface area contributed by atoms with Crippen molar-refractivity contribution in [2.75, 3.05) is 26.8 Å². The van der Waals surface area contributed by atoms with Gasteiger partial charge in [0, 0.05) is 19.7 Å². The third kappa shape index (κ3) is 3.09. The van der Waals surface area contributed by atoms with Crippen LogP contribution in [0, 0.1) is 0 Å². The van der Waals surface area contributed by atoms with E-state index in [1.165, 1.54) is 11.1 Å². The van der Waals surface area contributed by atoms with Crippen LogP contribution in [0.25, 0.3) is 0 Å². The standard InChI is InChI=1S/C14H19NO3/c1-18-7-6-15(10-14(16)17)13-8-11-4-2-3-5-12(11)9-13/h2-5,13H,6-10H2,1H3,(H,16,17). The van der Waals surface area contributed by atoms with Crippen molar-refractivity contribution in [3.8, 4) is 0 Å². The minimum atomic E-state index is -0.776. The fraction of sp³-hybridized carbons (Fsp3) is 0.500. The van der Waals surface area contributed by atoms with Crippen molar-refractivity contribution in [2.45, 2.75) is 18.9 Å². The Morgan fingerprint density at radius 3 is 2.50 bits per heavy atom. The Morgan fingerprint density at radius 1 is 1.39 bits per heavy atom. The number of carboxylic acid groups (broad SMARTS) is 1. The van der Waals surface area contributed by atoms with Crippen molar-refractivity contribution < 1.29 is 14.6 Å². The molecule has 4 nitrogen and oxygen atoms in total. The third-order valence-corrected chi connectivity index (χ3v) is 3.47. The first-order valence-corrected chi connectivity index (χ1v) is 6.22. The number of carboxylic acids is 1. The average Bonchev–Trinajstić information content (AvgIpc) is 2.77. The molecule has 0 bridgehead atoms. The highest BCUT2D eigenvalue weighted by Crippen LogP contribution is 2.25. The lowest BCUT2D eigenvalue weighted by Crippen LogP contribution is -2.41. The van der Waals surface area contributed by atoms with E-state index in [9.17, 15) is 4.79 Å². The molecule has 0 saturated heterocycles. The zero-order valence-corrected chi connectivity index (χ0v) is 10.6. The summed E-state index contributed by atoms with van der Waals surface area (Å²) in [5, 5.41) is 8.98. The van der Waals surface area contributed by atoms with Crippen molar-refractivity contribution >= 4 is 5.97 Å². The predicted molar refractivity (Wildman–Crippen MR) is 68.7 cm³/mol. The maximum atomic E-state index is 10.9. The highest BCUT2D eigenvalue weighted by atomic mass is 16.5. The lowest BCUT2D eigenvalue weighted by atomic mass is 10.1. The number of hydrogen-bond donors (Lipinski definition) is 1. The molecule has 0 aromatic heterocycles. The maximum absolute atomic E-state index is 10.9. The minimum absolute atomic E-state index is 0.0853. The average molecular weight is 249 g/mol. The molecular formula is C14H19NO3. The van der Waals surface area contributed by atoms with E-state index in [-0.39, 0.29) is 12.6 Å². The van der Waals surface area contributed by atoms with Crippen molar-refractivity contribution in [2.24, 2.45) is 0 Å². The largest absolute Gasteiger partial charge is 0.480 e. The Kier molecular flexibility index (Phi) is 4.33. The van der Waals surface area contributed by atoms with Crippen LogP contribution >= 0.6 is 0 Å². The van der Waals surface area contributed by atoms with E-state index in [1.54, 1.807) is 7.11 Å². The fourth-order valence-corrected chi connectivity index (χ4v) is 2.57. The molecular weight excluding hydrogens is 230 g/mol. The molecule has 0 fully saturated rings. The highest BCUT2D eigenvalue weighted by molar-refractivity contribution is 5.69. The van der Waals surface area contributed by atoms with Gasteiger partial charge in [-0.3, -0.25) is 9.69 Å². The summed E-state index contributed by atoms with van der Waals surface area (Å²) in [5.41, 5.74) is 2.69. The van der Waals surface area contributed by atoms with Gasteiger partial charge in [0.25, 0.3) is 0 Å². The number of benzene rings is 1. The van der Waals surface area contributed by atoms with Gasteiger partial charge in [0.15, 0.2) is 0 Å². The lowest BCUT2D eigenvalue weighted by molar-refractivity contribution is -0.139. The topological polar surface area (TPSA) is 49.8 Å². The van der Waals surface area contributed by atoms with Crippen LogP contribution in [0.15, 0.2) is 24.3 Å². The number of methoxy groups -OCH3 is 1. The zero-order valence-electron chi connectivity index (χ0n) is 10.6. The Morgan fingerprint density at radius 2 is 2.00 bits per heavy atom. The molecule has 1 aliphatic carbocycles. The van der Waals surface area contributed by atoms with E-state index in [4.69, 9.17) is 9.84 Å². The highest BCUT2D eigenvalue weighted by Gasteiger charge is 2.27. The Labute approximate surface area is 107 Å². The molecule has 1 N–H and O–H groups in total. The summed E-state index contributed by atoms with van der Waals surface area (Å²) in [6.07, 6.45) is 1.88. The van der Waals surface area contributed by atoms with E-state index in [0.717, 1.165) is 12.8 Å². The molecule has 1 aromatic carbocycles. The van der Waals surface area contributed by atoms with Crippen LogP contribution < -0.4 is 0 Å². The molecule has 1 aliphatic rings. The predicted octanol–water partition coefficient (Wildman–Crippen LogP) is 1.19. The molecule has 0 radical (unpaired) electrons. The van der Waals surface area contributed by atoms with Crippen LogP contribution in [0.2, 0.25) is 0 Å².